The third kappa shape index (κ3) is 8.19. The molecule has 1 aromatic rings. The minimum atomic E-state index is -4.69. The van der Waals surface area contributed by atoms with E-state index in [1.54, 1.807) is 27.7 Å². The zero-order valence-corrected chi connectivity index (χ0v) is 23.7. The van der Waals surface area contributed by atoms with Crippen molar-refractivity contribution in [2.45, 2.75) is 83.3 Å². The second kappa shape index (κ2) is 13.3. The van der Waals surface area contributed by atoms with E-state index in [0.29, 0.717) is 4.57 Å². The Bertz CT molecular complexity index is 1200. The van der Waals surface area contributed by atoms with Crippen molar-refractivity contribution in [2.75, 3.05) is 20.1 Å². The Morgan fingerprint density at radius 3 is 2.38 bits per heavy atom. The van der Waals surface area contributed by atoms with Crippen LogP contribution in [0.3, 0.4) is 0 Å². The highest BCUT2D eigenvalue weighted by Crippen LogP contribution is 2.49. The Hall–Kier alpha value is -2.66. The van der Waals surface area contributed by atoms with E-state index in [1.165, 1.54) is 6.92 Å². The van der Waals surface area contributed by atoms with Crippen molar-refractivity contribution in [1.82, 2.24) is 14.6 Å². The van der Waals surface area contributed by atoms with Crippen molar-refractivity contribution in [1.29, 1.82) is 0 Å². The number of nitrogens with one attached hydrogen (secondary N) is 2. The van der Waals surface area contributed by atoms with Gasteiger partial charge in [0.25, 0.3) is 5.56 Å². The number of carbonyl (C=O) groups excluding carboxylic acids is 2. The standard InChI is InChI=1S/C22H35FN3O13P/c1-12(2)37-16(28)14(5)25-40(33,36-11-34-20(31)38-13(3)4)35-10-22(9-23)17(29)21(6,32)18(39-22)26-8-7-15(27)24-19(26)30/h7-8,12-14,17-18,29,32H,9-11H2,1-6H3,(H,25,33)(H,24,27,30)/t14?,17-,18+,21+,22+,40?/m0/s1. The molecule has 1 fully saturated rings. The molecule has 0 saturated carbocycles. The first kappa shape index (κ1) is 33.5. The summed E-state index contributed by atoms with van der Waals surface area (Å²) in [5, 5.41) is 24.1. The third-order valence-electron chi connectivity index (χ3n) is 5.50. The van der Waals surface area contributed by atoms with E-state index in [4.69, 9.17) is 23.3 Å². The largest absolute Gasteiger partial charge is 0.510 e. The molecule has 2 unspecified atom stereocenters. The lowest BCUT2D eigenvalue weighted by Gasteiger charge is -2.32. The molecule has 0 amide bonds. The Morgan fingerprint density at radius 1 is 1.20 bits per heavy atom. The maximum absolute atomic E-state index is 14.5. The summed E-state index contributed by atoms with van der Waals surface area (Å²) < 4.78 is 59.1. The van der Waals surface area contributed by atoms with Gasteiger partial charge >= 0.3 is 25.6 Å². The molecule has 40 heavy (non-hydrogen) atoms. The molecule has 1 aliphatic heterocycles. The first-order chi connectivity index (χ1) is 18.5. The second-order valence-electron chi connectivity index (χ2n) is 9.73. The third-order valence-corrected chi connectivity index (χ3v) is 7.11. The Balaban J connectivity index is 2.30. The molecule has 228 valence electrons. The molecule has 1 aliphatic rings. The number of H-pyrrole nitrogens is 1. The molecule has 6 atom stereocenters. The second-order valence-corrected chi connectivity index (χ2v) is 11.5. The highest BCUT2D eigenvalue weighted by molar-refractivity contribution is 7.51. The van der Waals surface area contributed by atoms with E-state index in [-0.39, 0.29) is 0 Å². The maximum atomic E-state index is 14.5. The predicted molar refractivity (Wildman–Crippen MR) is 133 cm³/mol. The van der Waals surface area contributed by atoms with Crippen molar-refractivity contribution >= 4 is 19.9 Å². The minimum absolute atomic E-state index is 0.528. The van der Waals surface area contributed by atoms with Gasteiger partial charge < -0.3 is 29.2 Å². The monoisotopic (exact) mass is 599 g/mol. The summed E-state index contributed by atoms with van der Waals surface area (Å²) in [6.07, 6.45) is -5.09. The van der Waals surface area contributed by atoms with Gasteiger partial charge in [-0.3, -0.25) is 28.2 Å². The summed E-state index contributed by atoms with van der Waals surface area (Å²) in [6, 6.07) is -0.380. The summed E-state index contributed by atoms with van der Waals surface area (Å²) in [7, 11) is -4.69. The Kier molecular flexibility index (Phi) is 11.2. The fourth-order valence-electron chi connectivity index (χ4n) is 3.58. The van der Waals surface area contributed by atoms with E-state index in [9.17, 15) is 38.3 Å². The highest BCUT2D eigenvalue weighted by Gasteiger charge is 2.63. The molecule has 0 spiro atoms. The number of esters is 1. The number of aliphatic hydroxyl groups excluding tert-OH is 1. The topological polar surface area (TPSA) is 214 Å². The molecule has 2 rings (SSSR count). The number of aromatic amines is 1. The fourth-order valence-corrected chi connectivity index (χ4v) is 4.96. The van der Waals surface area contributed by atoms with Gasteiger partial charge in [-0.25, -0.2) is 23.6 Å². The van der Waals surface area contributed by atoms with E-state index >= 15 is 0 Å². The van der Waals surface area contributed by atoms with Crippen LogP contribution in [0.5, 0.6) is 0 Å². The molecule has 0 bridgehead atoms. The van der Waals surface area contributed by atoms with Crippen LogP contribution in [0.4, 0.5) is 9.18 Å². The smallest absolute Gasteiger partial charge is 0.462 e. The summed E-state index contributed by atoms with van der Waals surface area (Å²) in [5.41, 5.74) is -6.54. The summed E-state index contributed by atoms with van der Waals surface area (Å²) in [6.45, 7) is 4.95. The lowest BCUT2D eigenvalue weighted by atomic mass is 9.88. The average molecular weight is 600 g/mol. The van der Waals surface area contributed by atoms with Gasteiger partial charge in [0.1, 0.15) is 24.4 Å². The van der Waals surface area contributed by atoms with Crippen LogP contribution in [-0.2, 0) is 37.4 Å². The number of halogens is 1. The summed E-state index contributed by atoms with van der Waals surface area (Å²) in [5.74, 6) is -0.861. The van der Waals surface area contributed by atoms with E-state index in [1.807, 2.05) is 4.98 Å². The van der Waals surface area contributed by atoms with E-state index in [0.717, 1.165) is 19.2 Å². The number of alkyl halides is 1. The van der Waals surface area contributed by atoms with Crippen molar-refractivity contribution in [3.63, 3.8) is 0 Å². The quantitative estimate of drug-likeness (QED) is 0.138. The summed E-state index contributed by atoms with van der Waals surface area (Å²) in [4.78, 5) is 49.6. The number of carbonyl (C=O) groups is 2. The van der Waals surface area contributed by atoms with Crippen LogP contribution in [0.25, 0.3) is 0 Å². The number of hydrogen-bond acceptors (Lipinski definition) is 13. The predicted octanol–water partition coefficient (Wildman–Crippen LogP) is 0.476. The van der Waals surface area contributed by atoms with Gasteiger partial charge in [-0.2, -0.15) is 0 Å². The number of aliphatic hydroxyl groups is 2. The van der Waals surface area contributed by atoms with Gasteiger partial charge in [-0.15, -0.1) is 0 Å². The SMILES string of the molecule is CC(C)OC(=O)OCOP(=O)(NC(C)C(=O)OC(C)C)OC[C@@]1(CF)O[C@@H](n2ccc(=O)[nH]c2=O)[C@](C)(O)[C@@H]1O. The van der Waals surface area contributed by atoms with Gasteiger partial charge in [-0.1, -0.05) is 0 Å². The van der Waals surface area contributed by atoms with Crippen LogP contribution in [0, 0.1) is 0 Å². The fraction of sp³-hybridized carbons (Fsp3) is 0.727. The minimum Gasteiger partial charge on any atom is -0.462 e. The highest BCUT2D eigenvalue weighted by atomic mass is 31.2. The Morgan fingerprint density at radius 2 is 1.82 bits per heavy atom. The first-order valence-electron chi connectivity index (χ1n) is 12.1. The molecule has 0 radical (unpaired) electrons. The van der Waals surface area contributed by atoms with Gasteiger partial charge in [0.2, 0.25) is 6.79 Å². The normalized spacial score (nSPS) is 26.9. The molecule has 1 aromatic heterocycles. The molecule has 16 nitrogen and oxygen atoms in total. The summed E-state index contributed by atoms with van der Waals surface area (Å²) >= 11 is 0. The van der Waals surface area contributed by atoms with Crippen LogP contribution in [0.2, 0.25) is 0 Å². The number of rotatable bonds is 13. The molecule has 0 aliphatic carbocycles. The van der Waals surface area contributed by atoms with E-state index < -0.39 is 93.0 Å². The molecule has 18 heteroatoms. The van der Waals surface area contributed by atoms with Crippen LogP contribution >= 0.6 is 7.75 Å². The number of ether oxygens (including phenoxy) is 4. The van der Waals surface area contributed by atoms with Crippen molar-refractivity contribution in [3.05, 3.63) is 33.1 Å². The van der Waals surface area contributed by atoms with Gasteiger partial charge in [0.15, 0.2) is 11.8 Å². The number of hydrogen-bond donors (Lipinski definition) is 4. The molecule has 1 saturated heterocycles. The van der Waals surface area contributed by atoms with Crippen LogP contribution < -0.4 is 16.3 Å². The zero-order valence-electron chi connectivity index (χ0n) is 22.8. The molecule has 4 N–H and O–H groups in total. The maximum Gasteiger partial charge on any atom is 0.510 e. The van der Waals surface area contributed by atoms with Crippen LogP contribution in [0.15, 0.2) is 21.9 Å². The van der Waals surface area contributed by atoms with Gasteiger partial charge in [-0.05, 0) is 41.5 Å². The first-order valence-corrected chi connectivity index (χ1v) is 13.7. The molecule has 0 aromatic carbocycles. The molecular weight excluding hydrogens is 564 g/mol. The molecule has 2 heterocycles. The average Bonchev–Trinajstić information content (AvgIpc) is 3.03. The molecular formula is C22H35FN3O13P. The van der Waals surface area contributed by atoms with Gasteiger partial charge in [0, 0.05) is 12.3 Å². The van der Waals surface area contributed by atoms with Crippen LogP contribution in [-0.4, -0.2) is 87.5 Å². The van der Waals surface area contributed by atoms with Crippen molar-refractivity contribution in [2.24, 2.45) is 0 Å². The zero-order chi connectivity index (χ0) is 30.5. The van der Waals surface area contributed by atoms with Crippen LogP contribution in [0.1, 0.15) is 47.8 Å². The van der Waals surface area contributed by atoms with E-state index in [2.05, 4.69) is 9.82 Å². The number of nitrogens with zero attached hydrogens (tertiary/aromatic N) is 1. The lowest BCUT2D eigenvalue weighted by Crippen LogP contribution is -2.53. The van der Waals surface area contributed by atoms with Crippen molar-refractivity contribution in [3.8, 4) is 0 Å². The number of aromatic nitrogens is 2. The lowest BCUT2D eigenvalue weighted by molar-refractivity contribution is -0.149. The van der Waals surface area contributed by atoms with Gasteiger partial charge in [0.05, 0.1) is 18.8 Å². The Labute approximate surface area is 228 Å². The van der Waals surface area contributed by atoms with Crippen molar-refractivity contribution < 1.29 is 56.8 Å².